The van der Waals surface area contributed by atoms with Gasteiger partial charge < -0.3 is 20.1 Å². The SMILES string of the molecule is COc1cccc(C=NNC(N)=O)c1OCCN(C)C. The minimum atomic E-state index is -0.723. The summed E-state index contributed by atoms with van der Waals surface area (Å²) < 4.78 is 11.0. The number of carbonyl (C=O) groups excluding carboxylic acids is 1. The van der Waals surface area contributed by atoms with Crippen molar-refractivity contribution in [1.29, 1.82) is 0 Å². The number of benzene rings is 1. The molecule has 110 valence electrons. The lowest BCUT2D eigenvalue weighted by molar-refractivity contribution is 0.249. The highest BCUT2D eigenvalue weighted by molar-refractivity contribution is 5.86. The molecule has 1 aromatic rings. The second-order valence-corrected chi connectivity index (χ2v) is 4.26. The summed E-state index contributed by atoms with van der Waals surface area (Å²) in [6, 6.07) is 4.69. The van der Waals surface area contributed by atoms with E-state index in [9.17, 15) is 4.79 Å². The van der Waals surface area contributed by atoms with Crippen molar-refractivity contribution in [3.05, 3.63) is 23.8 Å². The highest BCUT2D eigenvalue weighted by Crippen LogP contribution is 2.29. The molecule has 2 amide bonds. The molecule has 0 unspecified atom stereocenters. The molecule has 7 nitrogen and oxygen atoms in total. The van der Waals surface area contributed by atoms with Gasteiger partial charge in [0.1, 0.15) is 6.61 Å². The number of hydrogen-bond donors (Lipinski definition) is 2. The fourth-order valence-electron chi connectivity index (χ4n) is 1.45. The Kier molecular flexibility index (Phi) is 6.31. The maximum absolute atomic E-state index is 10.6. The summed E-state index contributed by atoms with van der Waals surface area (Å²) in [6.45, 7) is 1.28. The van der Waals surface area contributed by atoms with Crippen molar-refractivity contribution in [3.63, 3.8) is 0 Å². The topological polar surface area (TPSA) is 89.2 Å². The van der Waals surface area contributed by atoms with E-state index in [1.807, 2.05) is 25.1 Å². The lowest BCUT2D eigenvalue weighted by Crippen LogP contribution is -2.24. The summed E-state index contributed by atoms with van der Waals surface area (Å²) in [7, 11) is 5.49. The highest BCUT2D eigenvalue weighted by atomic mass is 16.5. The maximum Gasteiger partial charge on any atom is 0.332 e. The average molecular weight is 280 g/mol. The van der Waals surface area contributed by atoms with Crippen molar-refractivity contribution in [1.82, 2.24) is 10.3 Å². The number of ether oxygens (including phenoxy) is 2. The third-order valence-electron chi connectivity index (χ3n) is 2.39. The van der Waals surface area contributed by atoms with Crippen LogP contribution >= 0.6 is 0 Å². The molecule has 0 radical (unpaired) electrons. The van der Waals surface area contributed by atoms with E-state index in [0.29, 0.717) is 23.7 Å². The number of hydrogen-bond acceptors (Lipinski definition) is 5. The Hall–Kier alpha value is -2.28. The highest BCUT2D eigenvalue weighted by Gasteiger charge is 2.09. The average Bonchev–Trinajstić information content (AvgIpc) is 2.39. The second-order valence-electron chi connectivity index (χ2n) is 4.26. The van der Waals surface area contributed by atoms with Gasteiger partial charge in [0.15, 0.2) is 11.5 Å². The zero-order valence-corrected chi connectivity index (χ0v) is 11.9. The molecule has 0 aliphatic rings. The molecule has 0 spiro atoms. The Bertz CT molecular complexity index is 475. The summed E-state index contributed by atoms with van der Waals surface area (Å²) in [5, 5.41) is 3.72. The van der Waals surface area contributed by atoms with Crippen molar-refractivity contribution < 1.29 is 14.3 Å². The minimum Gasteiger partial charge on any atom is -0.493 e. The quantitative estimate of drug-likeness (QED) is 0.566. The van der Waals surface area contributed by atoms with Crippen molar-refractivity contribution in [2.45, 2.75) is 0 Å². The summed E-state index contributed by atoms with van der Waals surface area (Å²) in [4.78, 5) is 12.6. The molecule has 0 fully saturated rings. The first-order valence-corrected chi connectivity index (χ1v) is 6.07. The lowest BCUT2D eigenvalue weighted by Gasteiger charge is -2.15. The summed E-state index contributed by atoms with van der Waals surface area (Å²) in [5.41, 5.74) is 7.77. The third-order valence-corrected chi connectivity index (χ3v) is 2.39. The number of amides is 2. The molecule has 3 N–H and O–H groups in total. The number of rotatable bonds is 7. The second kappa shape index (κ2) is 8.00. The Morgan fingerprint density at radius 2 is 2.25 bits per heavy atom. The van der Waals surface area contributed by atoms with Crippen LogP contribution in [-0.4, -0.2) is 51.5 Å². The number of nitrogens with one attached hydrogen (secondary N) is 1. The van der Waals surface area contributed by atoms with E-state index >= 15 is 0 Å². The number of primary amides is 1. The van der Waals surface area contributed by atoms with Gasteiger partial charge in [-0.2, -0.15) is 5.10 Å². The van der Waals surface area contributed by atoms with Crippen LogP contribution < -0.4 is 20.6 Å². The first-order chi connectivity index (χ1) is 9.54. The third kappa shape index (κ3) is 5.15. The van der Waals surface area contributed by atoms with Gasteiger partial charge in [-0.1, -0.05) is 6.07 Å². The largest absolute Gasteiger partial charge is 0.493 e. The van der Waals surface area contributed by atoms with Crippen LogP contribution in [0.3, 0.4) is 0 Å². The molecule has 20 heavy (non-hydrogen) atoms. The number of nitrogens with two attached hydrogens (primary N) is 1. The molecule has 0 saturated carbocycles. The molecule has 7 heteroatoms. The Labute approximate surface area is 118 Å². The van der Waals surface area contributed by atoms with E-state index in [2.05, 4.69) is 10.5 Å². The van der Waals surface area contributed by atoms with Crippen LogP contribution in [0.25, 0.3) is 0 Å². The van der Waals surface area contributed by atoms with Crippen molar-refractivity contribution in [2.24, 2.45) is 10.8 Å². The van der Waals surface area contributed by atoms with Gasteiger partial charge in [0.25, 0.3) is 0 Å². The van der Waals surface area contributed by atoms with E-state index in [1.54, 1.807) is 19.2 Å². The number of carbonyl (C=O) groups is 1. The van der Waals surface area contributed by atoms with Crippen molar-refractivity contribution in [2.75, 3.05) is 34.4 Å². The van der Waals surface area contributed by atoms with Crippen LogP contribution in [0.2, 0.25) is 0 Å². The van der Waals surface area contributed by atoms with E-state index in [1.165, 1.54) is 6.21 Å². The van der Waals surface area contributed by atoms with E-state index in [4.69, 9.17) is 15.2 Å². The van der Waals surface area contributed by atoms with Gasteiger partial charge in [0.05, 0.1) is 13.3 Å². The molecule has 1 rings (SSSR count). The molecular formula is C13H20N4O3. The number of urea groups is 1. The number of methoxy groups -OCH3 is 1. The summed E-state index contributed by atoms with van der Waals surface area (Å²) in [5.74, 6) is 1.18. The van der Waals surface area contributed by atoms with Gasteiger partial charge in [-0.3, -0.25) is 0 Å². The van der Waals surface area contributed by atoms with Crippen LogP contribution in [0.15, 0.2) is 23.3 Å². The van der Waals surface area contributed by atoms with Crippen molar-refractivity contribution in [3.8, 4) is 11.5 Å². The molecule has 1 aromatic carbocycles. The molecule has 0 aliphatic heterocycles. The standard InChI is InChI=1S/C13H20N4O3/c1-17(2)7-8-20-12-10(9-15-16-13(14)18)5-4-6-11(12)19-3/h4-6,9H,7-8H2,1-3H3,(H3,14,16,18). The van der Waals surface area contributed by atoms with Crippen LogP contribution in [-0.2, 0) is 0 Å². The van der Waals surface area contributed by atoms with E-state index < -0.39 is 6.03 Å². The number of likely N-dealkylation sites (N-methyl/N-ethyl adjacent to an activating group) is 1. The molecule has 0 aliphatic carbocycles. The zero-order chi connectivity index (χ0) is 15.0. The van der Waals surface area contributed by atoms with Crippen LogP contribution in [0.1, 0.15) is 5.56 Å². The van der Waals surface area contributed by atoms with Crippen LogP contribution in [0.4, 0.5) is 4.79 Å². The number of hydrazone groups is 1. The first kappa shape index (κ1) is 15.8. The van der Waals surface area contributed by atoms with E-state index in [0.717, 1.165) is 6.54 Å². The first-order valence-electron chi connectivity index (χ1n) is 6.07. The molecule has 0 bridgehead atoms. The number of nitrogens with zero attached hydrogens (tertiary/aromatic N) is 2. The van der Waals surface area contributed by atoms with Gasteiger partial charge in [-0.15, -0.1) is 0 Å². The van der Waals surface area contributed by atoms with Gasteiger partial charge in [0, 0.05) is 12.1 Å². The predicted molar refractivity (Wildman–Crippen MR) is 77.4 cm³/mol. The number of para-hydroxylation sites is 1. The summed E-state index contributed by atoms with van der Waals surface area (Å²) in [6.07, 6.45) is 1.46. The van der Waals surface area contributed by atoms with Crippen LogP contribution in [0, 0.1) is 0 Å². The lowest BCUT2D eigenvalue weighted by atomic mass is 10.2. The Morgan fingerprint density at radius 3 is 2.85 bits per heavy atom. The molecule has 0 atom stereocenters. The minimum absolute atomic E-state index is 0.511. The fraction of sp³-hybridized carbons (Fsp3) is 0.385. The Morgan fingerprint density at radius 1 is 1.50 bits per heavy atom. The van der Waals surface area contributed by atoms with Gasteiger partial charge in [0.2, 0.25) is 0 Å². The Balaban J connectivity index is 2.86. The van der Waals surface area contributed by atoms with Gasteiger partial charge in [-0.05, 0) is 26.2 Å². The molecule has 0 saturated heterocycles. The molecule has 0 heterocycles. The normalized spacial score (nSPS) is 10.8. The molecular weight excluding hydrogens is 260 g/mol. The van der Waals surface area contributed by atoms with Gasteiger partial charge >= 0.3 is 6.03 Å². The van der Waals surface area contributed by atoms with E-state index in [-0.39, 0.29) is 0 Å². The maximum atomic E-state index is 10.6. The predicted octanol–water partition coefficient (Wildman–Crippen LogP) is 0.638. The zero-order valence-electron chi connectivity index (χ0n) is 11.9. The summed E-state index contributed by atoms with van der Waals surface area (Å²) >= 11 is 0. The van der Waals surface area contributed by atoms with Crippen LogP contribution in [0.5, 0.6) is 11.5 Å². The van der Waals surface area contributed by atoms with Crippen molar-refractivity contribution >= 4 is 12.2 Å². The fourth-order valence-corrected chi connectivity index (χ4v) is 1.45. The molecule has 0 aromatic heterocycles. The van der Waals surface area contributed by atoms with Gasteiger partial charge in [-0.25, -0.2) is 10.2 Å². The monoisotopic (exact) mass is 280 g/mol. The smallest absolute Gasteiger partial charge is 0.332 e.